The Morgan fingerprint density at radius 3 is 2.77 bits per heavy atom. The second-order valence-corrected chi connectivity index (χ2v) is 7.01. The first kappa shape index (κ1) is 14.5. The first-order chi connectivity index (χ1) is 10.7. The molecule has 0 saturated carbocycles. The lowest BCUT2D eigenvalue weighted by molar-refractivity contribution is -0.154. The molecular formula is C16H23NO5. The lowest BCUT2D eigenvalue weighted by atomic mass is 9.72. The van der Waals surface area contributed by atoms with Crippen LogP contribution in [0.25, 0.3) is 0 Å². The van der Waals surface area contributed by atoms with Crippen LogP contribution in [0.3, 0.4) is 0 Å². The van der Waals surface area contributed by atoms with Gasteiger partial charge in [0.15, 0.2) is 0 Å². The quantitative estimate of drug-likeness (QED) is 0.721. The number of ether oxygens (including phenoxy) is 3. The van der Waals surface area contributed by atoms with E-state index in [1.165, 1.54) is 6.42 Å². The van der Waals surface area contributed by atoms with E-state index in [0.717, 1.165) is 32.4 Å². The van der Waals surface area contributed by atoms with Gasteiger partial charge in [-0.1, -0.05) is 6.42 Å². The Hall–Kier alpha value is -1.14. The summed E-state index contributed by atoms with van der Waals surface area (Å²) in [5.74, 6) is -0.288. The summed E-state index contributed by atoms with van der Waals surface area (Å²) >= 11 is 0. The molecule has 0 N–H and O–H groups in total. The van der Waals surface area contributed by atoms with E-state index in [9.17, 15) is 9.59 Å². The molecule has 0 aromatic rings. The van der Waals surface area contributed by atoms with E-state index >= 15 is 0 Å². The number of likely N-dealkylation sites (tertiary alicyclic amines) is 1. The molecule has 4 saturated heterocycles. The molecule has 6 nitrogen and oxygen atoms in total. The third kappa shape index (κ3) is 2.33. The van der Waals surface area contributed by atoms with Gasteiger partial charge in [0.2, 0.25) is 0 Å². The third-order valence-corrected chi connectivity index (χ3v) is 5.65. The number of rotatable bonds is 3. The van der Waals surface area contributed by atoms with E-state index < -0.39 is 5.41 Å². The van der Waals surface area contributed by atoms with Crippen molar-refractivity contribution in [3.63, 3.8) is 0 Å². The molecule has 6 heteroatoms. The highest BCUT2D eigenvalue weighted by Gasteiger charge is 2.63. The van der Waals surface area contributed by atoms with Crippen LogP contribution >= 0.6 is 0 Å². The second kappa shape index (κ2) is 5.49. The van der Waals surface area contributed by atoms with E-state index in [4.69, 9.17) is 14.2 Å². The summed E-state index contributed by atoms with van der Waals surface area (Å²) in [6, 6.07) is 0. The number of fused-ring (bicyclic) bond motifs is 3. The Labute approximate surface area is 130 Å². The predicted octanol–water partition coefficient (Wildman–Crippen LogP) is 0.879. The monoisotopic (exact) mass is 309 g/mol. The lowest BCUT2D eigenvalue weighted by Gasteiger charge is -2.30. The van der Waals surface area contributed by atoms with Gasteiger partial charge in [0, 0.05) is 12.8 Å². The Balaban J connectivity index is 1.31. The smallest absolute Gasteiger partial charge is 0.320 e. The van der Waals surface area contributed by atoms with E-state index in [1.54, 1.807) is 0 Å². The molecule has 4 unspecified atom stereocenters. The molecular weight excluding hydrogens is 286 g/mol. The largest absolute Gasteiger partial charge is 0.465 e. The van der Waals surface area contributed by atoms with Gasteiger partial charge < -0.3 is 14.2 Å². The van der Waals surface area contributed by atoms with Crippen LogP contribution in [0, 0.1) is 5.41 Å². The summed E-state index contributed by atoms with van der Waals surface area (Å²) in [7, 11) is 0. The number of cyclic esters (lactones) is 1. The van der Waals surface area contributed by atoms with Crippen LogP contribution in [0.4, 0.5) is 0 Å². The minimum Gasteiger partial charge on any atom is -0.465 e. The molecule has 0 aromatic carbocycles. The number of esters is 2. The zero-order chi connectivity index (χ0) is 15.2. The molecule has 1 spiro atoms. The van der Waals surface area contributed by atoms with Crippen molar-refractivity contribution < 1.29 is 23.8 Å². The Kier molecular flexibility index (Phi) is 3.61. The van der Waals surface area contributed by atoms with Crippen LogP contribution in [-0.4, -0.2) is 61.4 Å². The maximum absolute atomic E-state index is 12.1. The predicted molar refractivity (Wildman–Crippen MR) is 76.1 cm³/mol. The average molecular weight is 309 g/mol. The fraction of sp³-hybridized carbons (Fsp3) is 0.875. The topological polar surface area (TPSA) is 65.1 Å². The van der Waals surface area contributed by atoms with Crippen molar-refractivity contribution in [1.82, 2.24) is 4.90 Å². The van der Waals surface area contributed by atoms with Crippen molar-refractivity contribution in [3.05, 3.63) is 0 Å². The van der Waals surface area contributed by atoms with Crippen molar-refractivity contribution >= 4 is 11.9 Å². The molecule has 0 aliphatic carbocycles. The molecule has 4 rings (SSSR count). The zero-order valence-electron chi connectivity index (χ0n) is 12.8. The van der Waals surface area contributed by atoms with Gasteiger partial charge in [-0.15, -0.1) is 0 Å². The maximum atomic E-state index is 12.1. The van der Waals surface area contributed by atoms with Gasteiger partial charge in [-0.3, -0.25) is 14.5 Å². The van der Waals surface area contributed by atoms with Crippen LogP contribution in [0.2, 0.25) is 0 Å². The van der Waals surface area contributed by atoms with Crippen molar-refractivity contribution in [3.8, 4) is 0 Å². The summed E-state index contributed by atoms with van der Waals surface area (Å²) < 4.78 is 16.6. The molecule has 4 heterocycles. The van der Waals surface area contributed by atoms with E-state index in [-0.39, 0.29) is 30.3 Å². The number of carbonyl (C=O) groups excluding carboxylic acids is 2. The van der Waals surface area contributed by atoms with Gasteiger partial charge in [-0.05, 0) is 32.4 Å². The Morgan fingerprint density at radius 1 is 1.32 bits per heavy atom. The third-order valence-electron chi connectivity index (χ3n) is 5.65. The molecule has 4 aliphatic heterocycles. The van der Waals surface area contributed by atoms with Gasteiger partial charge in [-0.25, -0.2) is 0 Å². The van der Waals surface area contributed by atoms with E-state index in [0.29, 0.717) is 26.0 Å². The van der Waals surface area contributed by atoms with Crippen molar-refractivity contribution in [2.24, 2.45) is 5.41 Å². The molecule has 0 radical (unpaired) electrons. The molecule has 4 fully saturated rings. The van der Waals surface area contributed by atoms with E-state index in [2.05, 4.69) is 4.90 Å². The summed E-state index contributed by atoms with van der Waals surface area (Å²) in [6.45, 7) is 2.83. The molecule has 4 aliphatic rings. The minimum atomic E-state index is -0.458. The fourth-order valence-corrected chi connectivity index (χ4v) is 4.42. The summed E-state index contributed by atoms with van der Waals surface area (Å²) in [5.41, 5.74) is -0.458. The number of carbonyl (C=O) groups is 2. The van der Waals surface area contributed by atoms with Crippen LogP contribution in [0.15, 0.2) is 0 Å². The van der Waals surface area contributed by atoms with Gasteiger partial charge >= 0.3 is 11.9 Å². The number of nitrogens with zero attached hydrogens (tertiary/aromatic N) is 1. The number of piperidine rings is 1. The number of hydrogen-bond donors (Lipinski definition) is 0. The normalized spacial score (nSPS) is 41.1. The molecule has 22 heavy (non-hydrogen) atoms. The summed E-state index contributed by atoms with van der Waals surface area (Å²) in [5, 5.41) is 0. The van der Waals surface area contributed by atoms with Gasteiger partial charge in [-0.2, -0.15) is 0 Å². The average Bonchev–Trinajstić information content (AvgIpc) is 3.16. The molecule has 0 amide bonds. The minimum absolute atomic E-state index is 0.127. The van der Waals surface area contributed by atoms with Crippen molar-refractivity contribution in [2.45, 2.75) is 56.8 Å². The molecule has 122 valence electrons. The Morgan fingerprint density at radius 2 is 2.14 bits per heavy atom. The van der Waals surface area contributed by atoms with Crippen molar-refractivity contribution in [1.29, 1.82) is 0 Å². The fourth-order valence-electron chi connectivity index (χ4n) is 4.42. The van der Waals surface area contributed by atoms with Crippen LogP contribution < -0.4 is 0 Å². The number of hydrogen-bond acceptors (Lipinski definition) is 6. The highest BCUT2D eigenvalue weighted by Crippen LogP contribution is 2.53. The van der Waals surface area contributed by atoms with Crippen molar-refractivity contribution in [2.75, 3.05) is 26.2 Å². The summed E-state index contributed by atoms with van der Waals surface area (Å²) in [6.07, 6.45) is 5.11. The van der Waals surface area contributed by atoms with Crippen LogP contribution in [0.1, 0.15) is 38.5 Å². The molecule has 0 aromatic heterocycles. The van der Waals surface area contributed by atoms with Crippen LogP contribution in [0.5, 0.6) is 0 Å². The second-order valence-electron chi connectivity index (χ2n) is 7.01. The van der Waals surface area contributed by atoms with Gasteiger partial charge in [0.05, 0.1) is 25.4 Å². The van der Waals surface area contributed by atoms with Gasteiger partial charge in [0.25, 0.3) is 0 Å². The molecule has 4 atom stereocenters. The van der Waals surface area contributed by atoms with E-state index in [1.807, 2.05) is 0 Å². The SMILES string of the molecule is O=C(CN1CCCCC1)OC1CC2OC1CC21CCOC1=O. The highest BCUT2D eigenvalue weighted by molar-refractivity contribution is 5.80. The zero-order valence-corrected chi connectivity index (χ0v) is 12.8. The molecule has 2 bridgehead atoms. The van der Waals surface area contributed by atoms with Crippen LogP contribution in [-0.2, 0) is 23.8 Å². The first-order valence-electron chi connectivity index (χ1n) is 8.42. The first-order valence-corrected chi connectivity index (χ1v) is 8.42. The standard InChI is InChI=1S/C16H23NO5/c18-14(10-17-5-2-1-3-6-17)22-11-8-13-16(9-12(11)21-13)4-7-20-15(16)19/h11-13H,1-10H2. The lowest BCUT2D eigenvalue weighted by Crippen LogP contribution is -2.43. The maximum Gasteiger partial charge on any atom is 0.320 e. The highest BCUT2D eigenvalue weighted by atomic mass is 16.6. The Bertz CT molecular complexity index is 475. The summed E-state index contributed by atoms with van der Waals surface area (Å²) in [4.78, 5) is 26.2. The van der Waals surface area contributed by atoms with Gasteiger partial charge in [0.1, 0.15) is 11.5 Å².